The summed E-state index contributed by atoms with van der Waals surface area (Å²) in [4.78, 5) is 0. The number of rotatable bonds is 11. The van der Waals surface area contributed by atoms with Crippen molar-refractivity contribution < 1.29 is 23.7 Å². The fourth-order valence-corrected chi connectivity index (χ4v) is 1.33. The second kappa shape index (κ2) is 32.5. The molecular weight excluding hydrogens is 332 g/mol. The molecule has 0 aromatic carbocycles. The molecule has 164 valence electrons. The predicted molar refractivity (Wildman–Crippen MR) is 113 cm³/mol. The van der Waals surface area contributed by atoms with E-state index in [-0.39, 0.29) is 0 Å². The fraction of sp³-hybridized carbons (Fsp3) is 1.00. The zero-order valence-corrected chi connectivity index (χ0v) is 19.7. The zero-order valence-electron chi connectivity index (χ0n) is 19.7. The molecule has 0 aliphatic rings. The lowest BCUT2D eigenvalue weighted by Gasteiger charge is -2.04. The van der Waals surface area contributed by atoms with E-state index in [1.54, 1.807) is 28.4 Å². The van der Waals surface area contributed by atoms with Gasteiger partial charge in [0.1, 0.15) is 0 Å². The maximum absolute atomic E-state index is 5.21. The van der Waals surface area contributed by atoms with E-state index in [1.807, 2.05) is 0 Å². The van der Waals surface area contributed by atoms with Crippen LogP contribution in [0.4, 0.5) is 0 Å². The van der Waals surface area contributed by atoms with Crippen molar-refractivity contribution in [3.63, 3.8) is 0 Å². The van der Waals surface area contributed by atoms with Gasteiger partial charge >= 0.3 is 0 Å². The van der Waals surface area contributed by atoms with Crippen LogP contribution in [0.5, 0.6) is 0 Å². The molecule has 0 aromatic heterocycles. The van der Waals surface area contributed by atoms with E-state index in [4.69, 9.17) is 23.7 Å². The highest BCUT2D eigenvalue weighted by molar-refractivity contribution is 4.38. The predicted octanol–water partition coefficient (Wildman–Crippen LogP) is 4.93. The third-order valence-corrected chi connectivity index (χ3v) is 2.29. The summed E-state index contributed by atoms with van der Waals surface area (Å²) in [6, 6.07) is 0. The molecule has 0 atom stereocenters. The van der Waals surface area contributed by atoms with Crippen LogP contribution in [0.2, 0.25) is 0 Å². The summed E-state index contributed by atoms with van der Waals surface area (Å²) in [6.45, 7) is 19.8. The Bertz CT molecular complexity index is 185. The summed E-state index contributed by atoms with van der Waals surface area (Å²) in [5.74, 6) is 1.98. The largest absolute Gasteiger partial charge is 0.385 e. The van der Waals surface area contributed by atoms with Gasteiger partial charge in [0.05, 0.1) is 13.2 Å². The molecule has 0 amide bonds. The Morgan fingerprint density at radius 2 is 0.885 bits per heavy atom. The molecule has 0 N–H and O–H groups in total. The first-order valence-electron chi connectivity index (χ1n) is 9.76. The number of ether oxygens (including phenoxy) is 5. The molecule has 0 aliphatic heterocycles. The van der Waals surface area contributed by atoms with Crippen LogP contribution < -0.4 is 0 Å². The van der Waals surface area contributed by atoms with E-state index < -0.39 is 0 Å². The van der Waals surface area contributed by atoms with Crippen LogP contribution >= 0.6 is 0 Å². The van der Waals surface area contributed by atoms with E-state index in [1.165, 1.54) is 0 Å². The average molecular weight is 383 g/mol. The molecule has 0 saturated heterocycles. The number of methoxy groups -OCH3 is 4. The Kier molecular flexibility index (Phi) is 41.7. The maximum Gasteiger partial charge on any atom is 0.0700 e. The van der Waals surface area contributed by atoms with Crippen molar-refractivity contribution >= 4 is 0 Å². The highest BCUT2D eigenvalue weighted by Crippen LogP contribution is 1.91. The van der Waals surface area contributed by atoms with Crippen LogP contribution in [-0.4, -0.2) is 68.1 Å². The van der Waals surface area contributed by atoms with Crippen molar-refractivity contribution in [1.82, 2.24) is 0 Å². The third kappa shape index (κ3) is 65.0. The van der Waals surface area contributed by atoms with Gasteiger partial charge in [-0.15, -0.1) is 0 Å². The maximum atomic E-state index is 5.21. The summed E-state index contributed by atoms with van der Waals surface area (Å²) in [6.07, 6.45) is 1.12. The van der Waals surface area contributed by atoms with Crippen LogP contribution in [-0.2, 0) is 23.7 Å². The van der Waals surface area contributed by atoms with Gasteiger partial charge in [-0.1, -0.05) is 48.5 Å². The van der Waals surface area contributed by atoms with Gasteiger partial charge in [0.2, 0.25) is 0 Å². The summed E-state index contributed by atoms with van der Waals surface area (Å²) in [7, 11) is 6.84. The minimum Gasteiger partial charge on any atom is -0.385 e. The lowest BCUT2D eigenvalue weighted by molar-refractivity contribution is 0.0572. The first kappa shape index (κ1) is 33.4. The lowest BCUT2D eigenvalue weighted by atomic mass is 10.2. The Labute approximate surface area is 165 Å². The van der Waals surface area contributed by atoms with Gasteiger partial charge in [-0.2, -0.15) is 0 Å². The van der Waals surface area contributed by atoms with E-state index in [0.29, 0.717) is 31.0 Å². The molecule has 5 heteroatoms. The molecule has 0 heterocycles. The normalized spacial score (nSPS) is 9.92. The highest BCUT2D eigenvalue weighted by Gasteiger charge is 1.91. The molecule has 0 bridgehead atoms. The lowest BCUT2D eigenvalue weighted by Crippen LogP contribution is -2.06. The van der Waals surface area contributed by atoms with Crippen LogP contribution in [0.15, 0.2) is 0 Å². The summed E-state index contributed by atoms with van der Waals surface area (Å²) < 4.78 is 24.3. The van der Waals surface area contributed by atoms with Gasteiger partial charge in [0.15, 0.2) is 0 Å². The highest BCUT2D eigenvalue weighted by atomic mass is 16.5. The van der Waals surface area contributed by atoms with Gasteiger partial charge < -0.3 is 23.7 Å². The minimum atomic E-state index is 0.627. The molecule has 0 aliphatic carbocycles. The summed E-state index contributed by atoms with van der Waals surface area (Å²) in [5, 5.41) is 0. The van der Waals surface area contributed by atoms with Crippen molar-refractivity contribution in [2.75, 3.05) is 68.1 Å². The average Bonchev–Trinajstić information content (AvgIpc) is 2.54. The number of hydrogen-bond acceptors (Lipinski definition) is 5. The monoisotopic (exact) mass is 382 g/mol. The third-order valence-electron chi connectivity index (χ3n) is 2.29. The molecule has 0 fully saturated rings. The van der Waals surface area contributed by atoms with Crippen LogP contribution in [0.25, 0.3) is 0 Å². The SMILES string of the molecule is CCCOC.COCC(C)C.COCC(C)C.COCCOCC(C)C. The molecule has 26 heavy (non-hydrogen) atoms. The summed E-state index contributed by atoms with van der Waals surface area (Å²) >= 11 is 0. The van der Waals surface area contributed by atoms with Crippen molar-refractivity contribution in [1.29, 1.82) is 0 Å². The van der Waals surface area contributed by atoms with Crippen molar-refractivity contribution in [2.45, 2.75) is 54.9 Å². The zero-order chi connectivity index (χ0) is 21.2. The van der Waals surface area contributed by atoms with E-state index >= 15 is 0 Å². The second-order valence-electron chi connectivity index (χ2n) is 7.15. The van der Waals surface area contributed by atoms with Crippen LogP contribution in [0.1, 0.15) is 54.9 Å². The van der Waals surface area contributed by atoms with Gasteiger partial charge in [-0.05, 0) is 24.2 Å². The minimum absolute atomic E-state index is 0.627. The van der Waals surface area contributed by atoms with Crippen LogP contribution in [0, 0.1) is 17.8 Å². The molecule has 0 aromatic rings. The Morgan fingerprint density at radius 3 is 1.04 bits per heavy atom. The van der Waals surface area contributed by atoms with Gasteiger partial charge in [-0.25, -0.2) is 0 Å². The first-order valence-corrected chi connectivity index (χ1v) is 9.76. The van der Waals surface area contributed by atoms with E-state index in [2.05, 4.69) is 48.5 Å². The van der Waals surface area contributed by atoms with Gasteiger partial charge in [-0.3, -0.25) is 0 Å². The Morgan fingerprint density at radius 1 is 0.500 bits per heavy atom. The summed E-state index contributed by atoms with van der Waals surface area (Å²) in [5.41, 5.74) is 0. The first-order chi connectivity index (χ1) is 12.2. The van der Waals surface area contributed by atoms with Crippen molar-refractivity contribution in [2.24, 2.45) is 17.8 Å². The van der Waals surface area contributed by atoms with Crippen LogP contribution in [0.3, 0.4) is 0 Å². The Hall–Kier alpha value is -0.200. The van der Waals surface area contributed by atoms with E-state index in [9.17, 15) is 0 Å². The van der Waals surface area contributed by atoms with Gasteiger partial charge in [0, 0.05) is 54.9 Å². The molecule has 0 saturated carbocycles. The molecule has 0 radical (unpaired) electrons. The van der Waals surface area contributed by atoms with Crippen molar-refractivity contribution in [3.8, 4) is 0 Å². The molecular formula is C21H50O5. The number of hydrogen-bond donors (Lipinski definition) is 0. The quantitative estimate of drug-likeness (QED) is 0.474. The van der Waals surface area contributed by atoms with E-state index in [0.717, 1.165) is 32.8 Å². The second-order valence-corrected chi connectivity index (χ2v) is 7.15. The molecule has 0 rings (SSSR count). The fourth-order valence-electron chi connectivity index (χ4n) is 1.33. The Balaban J connectivity index is -0.000000128. The van der Waals surface area contributed by atoms with Crippen molar-refractivity contribution in [3.05, 3.63) is 0 Å². The standard InChI is InChI=1S/C7H16O2.2C5H12O.C4H10O/c1-7(2)6-9-5-4-8-3;2*1-5(2)4-6-3;1-3-4-5-2/h7H,4-6H2,1-3H3;2*5H,4H2,1-3H3;3-4H2,1-2H3. The molecule has 0 spiro atoms. The topological polar surface area (TPSA) is 46.2 Å². The van der Waals surface area contributed by atoms with Gasteiger partial charge in [0.25, 0.3) is 0 Å². The smallest absolute Gasteiger partial charge is 0.0700 e. The molecule has 0 unspecified atom stereocenters. The molecule has 5 nitrogen and oxygen atoms in total.